The molecule has 1 fully saturated rings. The minimum atomic E-state index is -3.42. The summed E-state index contributed by atoms with van der Waals surface area (Å²) in [5, 5.41) is 0. The quantitative estimate of drug-likeness (QED) is 0.492. The Hall–Kier alpha value is -0.510. The van der Waals surface area contributed by atoms with Crippen LogP contribution in [0.15, 0.2) is 12.7 Å². The van der Waals surface area contributed by atoms with Gasteiger partial charge < -0.3 is 0 Å². The van der Waals surface area contributed by atoms with Crippen LogP contribution in [-0.2, 0) is 0 Å². The highest BCUT2D eigenvalue weighted by Gasteiger charge is 2.41. The molecule has 13 heavy (non-hydrogen) atoms. The molecule has 0 aromatic rings. The van der Waals surface area contributed by atoms with Crippen LogP contribution < -0.4 is 0 Å². The van der Waals surface area contributed by atoms with Gasteiger partial charge in [0.2, 0.25) is 6.30 Å². The topological polar surface area (TPSA) is 3.24 Å². The van der Waals surface area contributed by atoms with Crippen LogP contribution in [0.1, 0.15) is 19.3 Å². The third-order valence-electron chi connectivity index (χ3n) is 2.30. The molecule has 1 atom stereocenters. The SMILES string of the molecule is C=CC(F)(F)C(F)N1CCCCC1. The van der Waals surface area contributed by atoms with Gasteiger partial charge in [-0.05, 0) is 18.9 Å². The molecule has 0 amide bonds. The predicted molar refractivity (Wildman–Crippen MR) is 45.5 cm³/mol. The first-order valence-corrected chi connectivity index (χ1v) is 4.47. The third-order valence-corrected chi connectivity index (χ3v) is 2.30. The van der Waals surface area contributed by atoms with Gasteiger partial charge in [-0.15, -0.1) is 0 Å². The molecule has 1 saturated heterocycles. The van der Waals surface area contributed by atoms with E-state index in [1.165, 1.54) is 4.90 Å². The molecule has 0 aromatic heterocycles. The normalized spacial score (nSPS) is 22.7. The van der Waals surface area contributed by atoms with Crippen LogP contribution in [0, 0.1) is 0 Å². The number of alkyl halides is 3. The van der Waals surface area contributed by atoms with Crippen molar-refractivity contribution in [3.05, 3.63) is 12.7 Å². The number of rotatable bonds is 3. The van der Waals surface area contributed by atoms with Gasteiger partial charge in [0.05, 0.1) is 0 Å². The van der Waals surface area contributed by atoms with Gasteiger partial charge in [0.25, 0.3) is 0 Å². The van der Waals surface area contributed by atoms with Gasteiger partial charge in [0, 0.05) is 13.1 Å². The van der Waals surface area contributed by atoms with Crippen LogP contribution >= 0.6 is 0 Å². The Bertz CT molecular complexity index is 176. The Morgan fingerprint density at radius 2 is 1.77 bits per heavy atom. The molecule has 0 N–H and O–H groups in total. The summed E-state index contributed by atoms with van der Waals surface area (Å²) in [6.45, 7) is 3.77. The monoisotopic (exact) mass is 193 g/mol. The second-order valence-corrected chi connectivity index (χ2v) is 3.31. The molecule has 0 spiro atoms. The summed E-state index contributed by atoms with van der Waals surface area (Å²) in [7, 11) is 0. The van der Waals surface area contributed by atoms with Crippen molar-refractivity contribution in [1.29, 1.82) is 0 Å². The largest absolute Gasteiger partial charge is 0.310 e. The van der Waals surface area contributed by atoms with Crippen molar-refractivity contribution in [2.24, 2.45) is 0 Å². The molecule has 0 aromatic carbocycles. The molecule has 1 aliphatic rings. The molecule has 0 aliphatic carbocycles. The standard InChI is InChI=1S/C9H14F3N/c1-2-9(11,12)8(10)13-6-4-3-5-7-13/h2,8H,1,3-7H2. The van der Waals surface area contributed by atoms with Gasteiger partial charge in [-0.2, -0.15) is 8.78 Å². The Labute approximate surface area is 76.2 Å². The smallest absolute Gasteiger partial charge is 0.269 e. The lowest BCUT2D eigenvalue weighted by atomic mass is 10.1. The zero-order chi connectivity index (χ0) is 9.90. The Kier molecular flexibility index (Phi) is 3.36. The minimum Gasteiger partial charge on any atom is -0.269 e. The summed E-state index contributed by atoms with van der Waals surface area (Å²) < 4.78 is 38.8. The van der Waals surface area contributed by atoms with E-state index in [2.05, 4.69) is 6.58 Å². The Morgan fingerprint density at radius 3 is 2.23 bits per heavy atom. The molecule has 1 nitrogen and oxygen atoms in total. The lowest BCUT2D eigenvalue weighted by Gasteiger charge is -2.32. The summed E-state index contributed by atoms with van der Waals surface area (Å²) in [6.07, 6.45) is 0.779. The molecule has 0 radical (unpaired) electrons. The van der Waals surface area contributed by atoms with Gasteiger partial charge >= 0.3 is 5.92 Å². The van der Waals surface area contributed by atoms with Gasteiger partial charge in [-0.25, -0.2) is 4.39 Å². The number of piperidine rings is 1. The lowest BCUT2D eigenvalue weighted by molar-refractivity contribution is -0.108. The van der Waals surface area contributed by atoms with Crippen LogP contribution in [0.4, 0.5) is 13.2 Å². The van der Waals surface area contributed by atoms with E-state index in [9.17, 15) is 13.2 Å². The fraction of sp³-hybridized carbons (Fsp3) is 0.778. The summed E-state index contributed by atoms with van der Waals surface area (Å²) in [5.74, 6) is -3.42. The van der Waals surface area contributed by atoms with E-state index >= 15 is 0 Å². The van der Waals surface area contributed by atoms with Crippen molar-refractivity contribution in [2.45, 2.75) is 31.5 Å². The minimum absolute atomic E-state index is 0.381. The van der Waals surface area contributed by atoms with E-state index < -0.39 is 12.2 Å². The first kappa shape index (κ1) is 10.6. The van der Waals surface area contributed by atoms with Crippen LogP contribution in [-0.4, -0.2) is 30.2 Å². The van der Waals surface area contributed by atoms with Crippen LogP contribution in [0.25, 0.3) is 0 Å². The molecule has 0 saturated carbocycles. The third kappa shape index (κ3) is 2.46. The highest BCUT2D eigenvalue weighted by atomic mass is 19.3. The average molecular weight is 193 g/mol. The highest BCUT2D eigenvalue weighted by molar-refractivity contribution is 4.93. The first-order chi connectivity index (χ1) is 6.08. The maximum Gasteiger partial charge on any atom is 0.310 e. The zero-order valence-corrected chi connectivity index (χ0v) is 7.48. The van der Waals surface area contributed by atoms with E-state index in [0.29, 0.717) is 19.2 Å². The molecule has 1 unspecified atom stereocenters. The van der Waals surface area contributed by atoms with Crippen LogP contribution in [0.3, 0.4) is 0 Å². The van der Waals surface area contributed by atoms with Crippen molar-refractivity contribution in [1.82, 2.24) is 4.90 Å². The number of halogens is 3. The second-order valence-electron chi connectivity index (χ2n) is 3.31. The maximum absolute atomic E-state index is 13.2. The summed E-state index contributed by atoms with van der Waals surface area (Å²) in [5.41, 5.74) is 0. The molecule has 1 heterocycles. The summed E-state index contributed by atoms with van der Waals surface area (Å²) >= 11 is 0. The molecule has 0 bridgehead atoms. The molecule has 1 rings (SSSR count). The lowest BCUT2D eigenvalue weighted by Crippen LogP contribution is -2.46. The molecule has 4 heteroatoms. The fourth-order valence-corrected chi connectivity index (χ4v) is 1.49. The molecular weight excluding hydrogens is 179 g/mol. The number of likely N-dealkylation sites (tertiary alicyclic amines) is 1. The van der Waals surface area contributed by atoms with E-state index in [0.717, 1.165) is 19.3 Å². The zero-order valence-electron chi connectivity index (χ0n) is 7.48. The Morgan fingerprint density at radius 1 is 1.23 bits per heavy atom. The second kappa shape index (κ2) is 4.13. The van der Waals surface area contributed by atoms with Crippen LogP contribution in [0.2, 0.25) is 0 Å². The predicted octanol–water partition coefficient (Wildman–Crippen LogP) is 2.59. The summed E-state index contributed by atoms with van der Waals surface area (Å²) in [4.78, 5) is 1.19. The maximum atomic E-state index is 13.2. The van der Waals surface area contributed by atoms with Crippen molar-refractivity contribution < 1.29 is 13.2 Å². The van der Waals surface area contributed by atoms with Gasteiger partial charge in [-0.1, -0.05) is 13.0 Å². The van der Waals surface area contributed by atoms with Gasteiger partial charge in [-0.3, -0.25) is 4.90 Å². The van der Waals surface area contributed by atoms with Crippen molar-refractivity contribution in [3.63, 3.8) is 0 Å². The average Bonchev–Trinajstić information content (AvgIpc) is 2.18. The van der Waals surface area contributed by atoms with Crippen molar-refractivity contribution >= 4 is 0 Å². The van der Waals surface area contributed by atoms with E-state index in [4.69, 9.17) is 0 Å². The van der Waals surface area contributed by atoms with E-state index in [1.807, 2.05) is 0 Å². The van der Waals surface area contributed by atoms with Crippen LogP contribution in [0.5, 0.6) is 0 Å². The van der Waals surface area contributed by atoms with E-state index in [1.54, 1.807) is 0 Å². The fourth-order valence-electron chi connectivity index (χ4n) is 1.49. The van der Waals surface area contributed by atoms with Gasteiger partial charge in [0.1, 0.15) is 0 Å². The number of hydrogen-bond acceptors (Lipinski definition) is 1. The number of hydrogen-bond donors (Lipinski definition) is 0. The molecular formula is C9H14F3N. The van der Waals surface area contributed by atoms with Crippen molar-refractivity contribution in [2.75, 3.05) is 13.1 Å². The summed E-state index contributed by atoms with van der Waals surface area (Å²) in [6, 6.07) is 0. The van der Waals surface area contributed by atoms with Crippen molar-refractivity contribution in [3.8, 4) is 0 Å². The Balaban J connectivity index is 2.54. The molecule has 76 valence electrons. The van der Waals surface area contributed by atoms with E-state index in [-0.39, 0.29) is 0 Å². The first-order valence-electron chi connectivity index (χ1n) is 4.47. The van der Waals surface area contributed by atoms with Gasteiger partial charge in [0.15, 0.2) is 0 Å². The molecule has 1 aliphatic heterocycles. The highest BCUT2D eigenvalue weighted by Crippen LogP contribution is 2.27. The number of nitrogens with zero attached hydrogens (tertiary/aromatic N) is 1.